The van der Waals surface area contributed by atoms with Gasteiger partial charge in [-0.2, -0.15) is 0 Å². The topological polar surface area (TPSA) is 99.0 Å². The Morgan fingerprint density at radius 3 is 2.65 bits per heavy atom. The van der Waals surface area contributed by atoms with Crippen molar-refractivity contribution in [2.75, 3.05) is 29.9 Å². The Morgan fingerprint density at radius 1 is 1.30 bits per heavy atom. The van der Waals surface area contributed by atoms with Gasteiger partial charge in [0.25, 0.3) is 17.4 Å². The molecule has 1 aromatic carbocycles. The van der Waals surface area contributed by atoms with Crippen LogP contribution >= 0.6 is 11.6 Å². The number of halogens is 4. The number of pyridine rings is 2. The highest BCUT2D eigenvalue weighted by Crippen LogP contribution is 2.54. The van der Waals surface area contributed by atoms with Crippen LogP contribution in [0.5, 0.6) is 5.75 Å². The summed E-state index contributed by atoms with van der Waals surface area (Å²) in [6.45, 7) is 1.62. The molecule has 4 heterocycles. The van der Waals surface area contributed by atoms with Gasteiger partial charge in [0.05, 0.1) is 28.5 Å². The van der Waals surface area contributed by atoms with Crippen LogP contribution < -0.4 is 15.4 Å². The molecule has 40 heavy (non-hydrogen) atoms. The summed E-state index contributed by atoms with van der Waals surface area (Å²) in [5, 5.41) is 10.1. The number of piperazine rings is 1. The number of phenolic OH excluding ortho intramolecular Hbond substituents is 1. The number of hydrogen-bond donors (Lipinski definition) is 1. The van der Waals surface area contributed by atoms with Crippen LogP contribution in [0.25, 0.3) is 22.3 Å². The molecule has 2 aromatic heterocycles. The lowest BCUT2D eigenvalue weighted by Crippen LogP contribution is -2.66. The second-order valence-corrected chi connectivity index (χ2v) is 10.5. The minimum atomic E-state index is -3.36. The zero-order valence-corrected chi connectivity index (χ0v) is 21.6. The summed E-state index contributed by atoms with van der Waals surface area (Å²) < 4.78 is 69.0. The first-order valence-corrected chi connectivity index (χ1v) is 12.6. The summed E-state index contributed by atoms with van der Waals surface area (Å²) in [5.41, 5.74) is -3.13. The zero-order valence-electron chi connectivity index (χ0n) is 23.9. The van der Waals surface area contributed by atoms with E-state index in [0.717, 1.165) is 12.1 Å². The Hall–Kier alpha value is -4.06. The van der Waals surface area contributed by atoms with Crippen molar-refractivity contribution in [3.05, 3.63) is 58.1 Å². The smallest absolute Gasteiger partial charge is 0.278 e. The maximum Gasteiger partial charge on any atom is 0.278 e. The second kappa shape index (κ2) is 8.72. The summed E-state index contributed by atoms with van der Waals surface area (Å²) in [7, 11) is 0. The third kappa shape index (κ3) is 3.61. The molecule has 0 unspecified atom stereocenters. The average molecular weight is 577 g/mol. The lowest BCUT2D eigenvalue weighted by Gasteiger charge is -2.49. The Labute approximate surface area is 234 Å². The van der Waals surface area contributed by atoms with Gasteiger partial charge in [0.15, 0.2) is 0 Å². The number of rotatable bonds is 3. The maximum atomic E-state index is 14.9. The number of fused-ring (bicyclic) bond motifs is 5. The standard InChI is InChI=1S/C27H23ClF3N5O4/c1-4-19(38)34-11-16-25(39)33(3)23-22(35(16)10-12(34)2)13-8-14(28)21(20-15(29)6-5-7-17(20)37)32-24(13)36(26(23)40)18-9-27(18,30)31/h4-8,12,16,18,37H,1,9-11H2,2-3H3/t12-,16-,18-/m1/s1/i3D3. The number of likely N-dealkylation sites (N-methyl/N-ethyl adjacent to an activating group) is 1. The molecule has 3 aromatic rings. The molecule has 2 aliphatic heterocycles. The van der Waals surface area contributed by atoms with Gasteiger partial charge in [-0.25, -0.2) is 18.2 Å². The lowest BCUT2D eigenvalue weighted by atomic mass is 9.98. The molecule has 208 valence electrons. The average Bonchev–Trinajstić information content (AvgIpc) is 3.54. The Kier molecular flexibility index (Phi) is 4.95. The maximum absolute atomic E-state index is 14.9. The predicted octanol–water partition coefficient (Wildman–Crippen LogP) is 3.71. The molecule has 9 nitrogen and oxygen atoms in total. The number of benzene rings is 1. The normalized spacial score (nSPS) is 24.6. The van der Waals surface area contributed by atoms with Crippen molar-refractivity contribution >= 4 is 45.8 Å². The Balaban J connectivity index is 1.72. The van der Waals surface area contributed by atoms with Gasteiger partial charge in [-0.05, 0) is 31.2 Å². The number of phenols is 1. The van der Waals surface area contributed by atoms with Crippen LogP contribution in [-0.2, 0) is 9.59 Å². The van der Waals surface area contributed by atoms with E-state index < -0.39 is 77.6 Å². The third-order valence-electron chi connectivity index (χ3n) is 7.63. The van der Waals surface area contributed by atoms with Gasteiger partial charge in [-0.3, -0.25) is 19.0 Å². The van der Waals surface area contributed by atoms with Crippen molar-refractivity contribution in [2.24, 2.45) is 0 Å². The molecular formula is C27H23ClF3N5O4. The second-order valence-electron chi connectivity index (χ2n) is 10.1. The molecule has 13 heteroatoms. The number of aromatic nitrogens is 2. The molecule has 1 aliphatic carbocycles. The van der Waals surface area contributed by atoms with Gasteiger partial charge >= 0.3 is 0 Å². The first kappa shape index (κ1) is 22.7. The summed E-state index contributed by atoms with van der Waals surface area (Å²) in [4.78, 5) is 47.9. The van der Waals surface area contributed by atoms with Crippen molar-refractivity contribution < 1.29 is 32.0 Å². The third-order valence-corrected chi connectivity index (χ3v) is 7.92. The van der Waals surface area contributed by atoms with E-state index >= 15 is 0 Å². The zero-order chi connectivity index (χ0) is 31.3. The van der Waals surface area contributed by atoms with E-state index in [2.05, 4.69) is 11.6 Å². The Morgan fingerprint density at radius 2 is 2.02 bits per heavy atom. The quantitative estimate of drug-likeness (QED) is 0.477. The highest BCUT2D eigenvalue weighted by molar-refractivity contribution is 6.34. The molecule has 0 bridgehead atoms. The predicted molar refractivity (Wildman–Crippen MR) is 143 cm³/mol. The number of hydrogen-bond acceptors (Lipinski definition) is 6. The molecule has 6 rings (SSSR count). The van der Waals surface area contributed by atoms with Gasteiger partial charge in [-0.1, -0.05) is 24.2 Å². The Bertz CT molecular complexity index is 1800. The summed E-state index contributed by atoms with van der Waals surface area (Å²) in [5.74, 6) is -6.36. The van der Waals surface area contributed by atoms with E-state index in [0.29, 0.717) is 9.47 Å². The first-order chi connectivity index (χ1) is 20.1. The molecule has 0 radical (unpaired) electrons. The van der Waals surface area contributed by atoms with E-state index in [-0.39, 0.29) is 40.5 Å². The lowest BCUT2D eigenvalue weighted by molar-refractivity contribution is -0.130. The molecule has 1 saturated carbocycles. The summed E-state index contributed by atoms with van der Waals surface area (Å²) >= 11 is 6.56. The van der Waals surface area contributed by atoms with Gasteiger partial charge in [0, 0.05) is 35.5 Å². The molecule has 3 atom stereocenters. The van der Waals surface area contributed by atoms with E-state index in [1.807, 2.05) is 0 Å². The van der Waals surface area contributed by atoms with Crippen molar-refractivity contribution in [3.63, 3.8) is 0 Å². The molecule has 2 amide bonds. The molecule has 3 aliphatic rings. The summed E-state index contributed by atoms with van der Waals surface area (Å²) in [6, 6.07) is 1.09. The highest BCUT2D eigenvalue weighted by Gasteiger charge is 2.60. The molecule has 1 saturated heterocycles. The van der Waals surface area contributed by atoms with E-state index in [1.54, 1.807) is 6.92 Å². The number of nitrogens with zero attached hydrogens (tertiary/aromatic N) is 5. The van der Waals surface area contributed by atoms with Gasteiger partial charge in [-0.15, -0.1) is 0 Å². The van der Waals surface area contributed by atoms with Crippen LogP contribution in [0.3, 0.4) is 0 Å². The first-order valence-electron chi connectivity index (χ1n) is 13.8. The van der Waals surface area contributed by atoms with Gasteiger partial charge in [0.2, 0.25) is 5.91 Å². The van der Waals surface area contributed by atoms with Crippen molar-refractivity contribution in [1.29, 1.82) is 0 Å². The van der Waals surface area contributed by atoms with Crippen LogP contribution in [0.4, 0.5) is 24.5 Å². The molecule has 2 fully saturated rings. The molecule has 1 N–H and O–H groups in total. The largest absolute Gasteiger partial charge is 0.507 e. The number of anilines is 2. The van der Waals surface area contributed by atoms with E-state index in [1.165, 1.54) is 28.0 Å². The highest BCUT2D eigenvalue weighted by atomic mass is 35.5. The van der Waals surface area contributed by atoms with Crippen LogP contribution in [0.2, 0.25) is 5.02 Å². The molecule has 0 spiro atoms. The van der Waals surface area contributed by atoms with Gasteiger partial charge in [0.1, 0.15) is 35.0 Å². The SMILES string of the molecule is [2H]C([2H])([2H])N1C(=O)[C@H]2CN(C(=O)C=C)[C@H](C)CN2c2c1c(=O)n([C@@H]1CC1(F)F)c1nc(-c3c(O)cccc3F)c(Cl)cc21. The van der Waals surface area contributed by atoms with E-state index in [9.17, 15) is 32.7 Å². The number of carbonyl (C=O) groups is 2. The van der Waals surface area contributed by atoms with Crippen molar-refractivity contribution in [2.45, 2.75) is 37.4 Å². The van der Waals surface area contributed by atoms with E-state index in [4.69, 9.17) is 15.7 Å². The van der Waals surface area contributed by atoms with Gasteiger partial charge < -0.3 is 19.8 Å². The van der Waals surface area contributed by atoms with Crippen molar-refractivity contribution in [1.82, 2.24) is 14.5 Å². The van der Waals surface area contributed by atoms with Crippen LogP contribution in [-0.4, -0.2) is 69.4 Å². The molecular weight excluding hydrogens is 551 g/mol. The minimum Gasteiger partial charge on any atom is -0.507 e. The van der Waals surface area contributed by atoms with Crippen molar-refractivity contribution in [3.8, 4) is 17.0 Å². The van der Waals surface area contributed by atoms with Crippen LogP contribution in [0.1, 0.15) is 23.5 Å². The fourth-order valence-corrected chi connectivity index (χ4v) is 5.82. The minimum absolute atomic E-state index is 0.0515. The number of aromatic hydroxyl groups is 1. The van der Waals surface area contributed by atoms with Crippen LogP contribution in [0, 0.1) is 5.82 Å². The summed E-state index contributed by atoms with van der Waals surface area (Å²) in [6.07, 6.45) is 0.289. The fraction of sp³-hybridized carbons (Fsp3) is 0.333. The fourth-order valence-electron chi connectivity index (χ4n) is 5.58. The monoisotopic (exact) mass is 576 g/mol. The number of carbonyl (C=O) groups excluding carboxylic acids is 2. The number of amides is 2. The van der Waals surface area contributed by atoms with Crippen LogP contribution in [0.15, 0.2) is 41.7 Å². The number of alkyl halides is 2.